The molecule has 0 saturated heterocycles. The second kappa shape index (κ2) is 9.22. The molecule has 10 heteroatoms. The van der Waals surface area contributed by atoms with E-state index in [1.807, 2.05) is 36.4 Å². The minimum atomic E-state index is -0.179. The molecule has 0 spiro atoms. The van der Waals surface area contributed by atoms with Crippen LogP contribution in [-0.4, -0.2) is 33.5 Å². The molecule has 2 aromatic carbocycles. The van der Waals surface area contributed by atoms with E-state index in [0.29, 0.717) is 21.1 Å². The molecule has 0 aliphatic rings. The van der Waals surface area contributed by atoms with Gasteiger partial charge in [-0.05, 0) is 66.0 Å². The van der Waals surface area contributed by atoms with Gasteiger partial charge in [0.1, 0.15) is 12.1 Å². The third kappa shape index (κ3) is 4.92. The van der Waals surface area contributed by atoms with E-state index in [4.69, 9.17) is 4.74 Å². The second-order valence-corrected chi connectivity index (χ2v) is 8.65. The van der Waals surface area contributed by atoms with Gasteiger partial charge in [-0.25, -0.2) is 9.67 Å². The lowest BCUT2D eigenvalue weighted by Gasteiger charge is -2.14. The summed E-state index contributed by atoms with van der Waals surface area (Å²) >= 11 is 11.6. The van der Waals surface area contributed by atoms with E-state index >= 15 is 0 Å². The molecule has 1 N–H and O–H groups in total. The number of amides is 1. The van der Waals surface area contributed by atoms with Crippen molar-refractivity contribution in [1.29, 1.82) is 0 Å². The molecule has 1 amide bonds. The van der Waals surface area contributed by atoms with Crippen LogP contribution in [0.4, 0.5) is 5.69 Å². The molecular weight excluding hydrogens is 564 g/mol. The van der Waals surface area contributed by atoms with Crippen LogP contribution < -0.4 is 10.1 Å². The Labute approximate surface area is 185 Å². The van der Waals surface area contributed by atoms with Crippen LogP contribution in [0.25, 0.3) is 5.69 Å². The normalized spacial score (nSPS) is 10.7. The number of halogens is 3. The SMILES string of the molecule is COc1c(Br)cc(Br)c(NC(=O)CSc2ncn(-c3ccccc3)n2)c1Br. The molecule has 0 unspecified atom stereocenters. The number of benzene rings is 2. The van der Waals surface area contributed by atoms with E-state index in [1.54, 1.807) is 18.1 Å². The lowest BCUT2D eigenvalue weighted by molar-refractivity contribution is -0.113. The van der Waals surface area contributed by atoms with E-state index < -0.39 is 0 Å². The van der Waals surface area contributed by atoms with Crippen LogP contribution in [0, 0.1) is 0 Å². The van der Waals surface area contributed by atoms with Gasteiger partial charge in [-0.2, -0.15) is 0 Å². The number of carbonyl (C=O) groups is 1. The summed E-state index contributed by atoms with van der Waals surface area (Å²) in [5.74, 6) is 0.599. The van der Waals surface area contributed by atoms with Crippen molar-refractivity contribution in [3.63, 3.8) is 0 Å². The maximum Gasteiger partial charge on any atom is 0.234 e. The van der Waals surface area contributed by atoms with E-state index in [9.17, 15) is 4.79 Å². The van der Waals surface area contributed by atoms with Gasteiger partial charge in [0, 0.05) is 4.47 Å². The van der Waals surface area contributed by atoms with Crippen LogP contribution in [0.3, 0.4) is 0 Å². The highest BCUT2D eigenvalue weighted by atomic mass is 79.9. The molecule has 3 aromatic rings. The maximum atomic E-state index is 12.4. The van der Waals surface area contributed by atoms with Crippen molar-refractivity contribution in [3.8, 4) is 11.4 Å². The molecule has 0 aliphatic heterocycles. The van der Waals surface area contributed by atoms with Gasteiger partial charge in [0.25, 0.3) is 0 Å². The Balaban J connectivity index is 1.65. The van der Waals surface area contributed by atoms with Gasteiger partial charge in [0.2, 0.25) is 11.1 Å². The fourth-order valence-electron chi connectivity index (χ4n) is 2.20. The first kappa shape index (κ1) is 20.4. The van der Waals surface area contributed by atoms with E-state index in [1.165, 1.54) is 11.8 Å². The number of para-hydroxylation sites is 1. The smallest absolute Gasteiger partial charge is 0.234 e. The van der Waals surface area contributed by atoms with Gasteiger partial charge in [0.05, 0.1) is 33.2 Å². The summed E-state index contributed by atoms with van der Waals surface area (Å²) in [6.45, 7) is 0. The molecule has 0 radical (unpaired) electrons. The van der Waals surface area contributed by atoms with Gasteiger partial charge in [-0.15, -0.1) is 5.10 Å². The number of anilines is 1. The zero-order chi connectivity index (χ0) is 19.4. The Kier molecular flexibility index (Phi) is 6.96. The van der Waals surface area contributed by atoms with Crippen LogP contribution in [-0.2, 0) is 4.79 Å². The number of nitrogens with one attached hydrogen (secondary N) is 1. The van der Waals surface area contributed by atoms with Crippen LogP contribution in [0.5, 0.6) is 5.75 Å². The summed E-state index contributed by atoms with van der Waals surface area (Å²) in [7, 11) is 1.56. The summed E-state index contributed by atoms with van der Waals surface area (Å²) in [6.07, 6.45) is 1.63. The van der Waals surface area contributed by atoms with Gasteiger partial charge in [0.15, 0.2) is 0 Å². The predicted octanol–water partition coefficient (Wildman–Crippen LogP) is 5.29. The maximum absolute atomic E-state index is 12.4. The molecule has 1 heterocycles. The Bertz CT molecular complexity index is 966. The minimum Gasteiger partial charge on any atom is -0.494 e. The average Bonchev–Trinajstić information content (AvgIpc) is 3.13. The Morgan fingerprint density at radius 3 is 2.67 bits per heavy atom. The molecule has 0 atom stereocenters. The quantitative estimate of drug-likeness (QED) is 0.404. The summed E-state index contributed by atoms with van der Waals surface area (Å²) in [5, 5.41) is 7.78. The molecule has 6 nitrogen and oxygen atoms in total. The topological polar surface area (TPSA) is 69.0 Å². The van der Waals surface area contributed by atoms with Crippen molar-refractivity contribution < 1.29 is 9.53 Å². The van der Waals surface area contributed by atoms with Crippen molar-refractivity contribution >= 4 is 71.1 Å². The summed E-state index contributed by atoms with van der Waals surface area (Å²) < 4.78 is 9.15. The summed E-state index contributed by atoms with van der Waals surface area (Å²) in [6, 6.07) is 11.5. The van der Waals surface area contributed by atoms with E-state index in [0.717, 1.165) is 14.6 Å². The van der Waals surface area contributed by atoms with Gasteiger partial charge in [-0.1, -0.05) is 30.0 Å². The van der Waals surface area contributed by atoms with Crippen LogP contribution in [0.1, 0.15) is 0 Å². The Morgan fingerprint density at radius 1 is 1.22 bits per heavy atom. The molecule has 27 heavy (non-hydrogen) atoms. The average molecular weight is 577 g/mol. The molecule has 0 saturated carbocycles. The third-order valence-corrected chi connectivity index (χ3v) is 6.24. The first-order valence-corrected chi connectivity index (χ1v) is 11.0. The number of methoxy groups -OCH3 is 1. The largest absolute Gasteiger partial charge is 0.494 e. The zero-order valence-electron chi connectivity index (χ0n) is 13.9. The number of thioether (sulfide) groups is 1. The Hall–Kier alpha value is -1.36. The molecule has 3 rings (SSSR count). The Morgan fingerprint density at radius 2 is 1.96 bits per heavy atom. The second-order valence-electron chi connectivity index (χ2n) is 5.21. The fourth-order valence-corrected chi connectivity index (χ4v) is 5.44. The highest BCUT2D eigenvalue weighted by molar-refractivity contribution is 9.11. The number of nitrogens with zero attached hydrogens (tertiary/aromatic N) is 3. The van der Waals surface area contributed by atoms with Crippen molar-refractivity contribution in [3.05, 3.63) is 56.1 Å². The van der Waals surface area contributed by atoms with Crippen LogP contribution in [0.15, 0.2) is 61.3 Å². The number of carbonyl (C=O) groups excluding carboxylic acids is 1. The monoisotopic (exact) mass is 574 g/mol. The molecule has 0 fully saturated rings. The fraction of sp³-hybridized carbons (Fsp3) is 0.118. The van der Waals surface area contributed by atoms with Crippen molar-refractivity contribution in [2.75, 3.05) is 18.2 Å². The number of hydrogen-bond acceptors (Lipinski definition) is 5. The number of ether oxygens (including phenoxy) is 1. The minimum absolute atomic E-state index is 0.177. The van der Waals surface area contributed by atoms with Gasteiger partial charge < -0.3 is 10.1 Å². The first-order chi connectivity index (χ1) is 13.0. The van der Waals surface area contributed by atoms with Gasteiger partial charge in [-0.3, -0.25) is 4.79 Å². The molecule has 1 aromatic heterocycles. The van der Waals surface area contributed by atoms with Crippen LogP contribution in [0.2, 0.25) is 0 Å². The first-order valence-electron chi connectivity index (χ1n) is 7.61. The summed E-state index contributed by atoms with van der Waals surface area (Å²) in [4.78, 5) is 16.6. The van der Waals surface area contributed by atoms with Gasteiger partial charge >= 0.3 is 0 Å². The highest BCUT2D eigenvalue weighted by Gasteiger charge is 2.17. The van der Waals surface area contributed by atoms with Crippen LogP contribution >= 0.6 is 59.6 Å². The van der Waals surface area contributed by atoms with Crippen molar-refractivity contribution in [2.24, 2.45) is 0 Å². The van der Waals surface area contributed by atoms with E-state index in [2.05, 4.69) is 63.2 Å². The molecule has 140 valence electrons. The number of rotatable bonds is 6. The lowest BCUT2D eigenvalue weighted by Crippen LogP contribution is -2.15. The zero-order valence-corrected chi connectivity index (χ0v) is 19.5. The molecular formula is C17H13Br3N4O2S. The predicted molar refractivity (Wildman–Crippen MR) is 117 cm³/mol. The van der Waals surface area contributed by atoms with E-state index in [-0.39, 0.29) is 11.7 Å². The number of hydrogen-bond donors (Lipinski definition) is 1. The summed E-state index contributed by atoms with van der Waals surface area (Å²) in [5.41, 5.74) is 1.51. The molecule has 0 bridgehead atoms. The standard InChI is InChI=1S/C17H13Br3N4O2S/c1-26-16-12(19)7-11(18)15(14(16)20)22-13(25)8-27-17-21-9-24(23-17)10-5-3-2-4-6-10/h2-7,9H,8H2,1H3,(H,22,25). The van der Waals surface area contributed by atoms with Crippen molar-refractivity contribution in [2.45, 2.75) is 5.16 Å². The van der Waals surface area contributed by atoms with Crippen molar-refractivity contribution in [1.82, 2.24) is 14.8 Å². The lowest BCUT2D eigenvalue weighted by atomic mass is 10.3. The molecule has 0 aliphatic carbocycles. The number of aromatic nitrogens is 3. The third-order valence-electron chi connectivity index (χ3n) is 3.42. The highest BCUT2D eigenvalue weighted by Crippen LogP contribution is 2.43.